The molecule has 0 saturated carbocycles. The molecule has 0 aliphatic heterocycles. The minimum Gasteiger partial charge on any atom is -0.380 e. The molecule has 0 bridgehead atoms. The smallest absolute Gasteiger partial charge is 0.274 e. The van der Waals surface area contributed by atoms with Crippen LogP contribution in [-0.4, -0.2) is 4.92 Å². The van der Waals surface area contributed by atoms with Gasteiger partial charge in [0.15, 0.2) is 0 Å². The number of aryl methyl sites for hydroxylation is 1. The van der Waals surface area contributed by atoms with Crippen molar-refractivity contribution in [3.05, 3.63) is 66.3 Å². The lowest BCUT2D eigenvalue weighted by molar-refractivity contribution is -0.385. The van der Waals surface area contributed by atoms with E-state index in [2.05, 4.69) is 37.2 Å². The van der Waals surface area contributed by atoms with Gasteiger partial charge in [-0.15, -0.1) is 0 Å². The van der Waals surface area contributed by atoms with Gasteiger partial charge in [-0.05, 0) is 62.5 Å². The van der Waals surface area contributed by atoms with Crippen LogP contribution in [0, 0.1) is 22.9 Å². The number of benzene rings is 2. The lowest BCUT2D eigenvalue weighted by Gasteiger charge is -2.10. The van der Waals surface area contributed by atoms with Gasteiger partial charge in [-0.25, -0.2) is 4.39 Å². The average Bonchev–Trinajstić information content (AvgIpc) is 2.41. The molecule has 2 aromatic carbocycles. The summed E-state index contributed by atoms with van der Waals surface area (Å²) in [5.41, 5.74) is 2.12. The number of rotatable bonds is 4. The molecular weight excluding hydrogens is 407 g/mol. The van der Waals surface area contributed by atoms with Crippen molar-refractivity contribution in [1.29, 1.82) is 0 Å². The van der Waals surface area contributed by atoms with E-state index in [1.54, 1.807) is 25.1 Å². The molecule has 0 aliphatic carbocycles. The standard InChI is InChI=1S/C14H11Br2FN2O2/c1-8-4-11(16)13(6-14(8)19(20)21)18-7-9-2-3-12(17)10(15)5-9/h2-6,18H,7H2,1H3. The Kier molecular flexibility index (Phi) is 4.95. The van der Waals surface area contributed by atoms with Gasteiger partial charge in [-0.2, -0.15) is 0 Å². The summed E-state index contributed by atoms with van der Waals surface area (Å²) in [6, 6.07) is 7.87. The van der Waals surface area contributed by atoms with Crippen LogP contribution >= 0.6 is 31.9 Å². The highest BCUT2D eigenvalue weighted by Gasteiger charge is 2.14. The van der Waals surface area contributed by atoms with E-state index >= 15 is 0 Å². The van der Waals surface area contributed by atoms with Crippen molar-refractivity contribution in [2.24, 2.45) is 0 Å². The first-order chi connectivity index (χ1) is 9.88. The van der Waals surface area contributed by atoms with E-state index in [9.17, 15) is 14.5 Å². The Morgan fingerprint density at radius 1 is 1.24 bits per heavy atom. The quantitative estimate of drug-likeness (QED) is 0.550. The van der Waals surface area contributed by atoms with Gasteiger partial charge in [0.2, 0.25) is 0 Å². The fourth-order valence-corrected chi connectivity index (χ4v) is 2.86. The number of hydrogen-bond acceptors (Lipinski definition) is 3. The molecular formula is C14H11Br2FN2O2. The molecule has 110 valence electrons. The van der Waals surface area contributed by atoms with Crippen LogP contribution in [0.5, 0.6) is 0 Å². The van der Waals surface area contributed by atoms with Crippen molar-refractivity contribution in [3.63, 3.8) is 0 Å². The largest absolute Gasteiger partial charge is 0.380 e. The number of halogens is 3. The monoisotopic (exact) mass is 416 g/mol. The van der Waals surface area contributed by atoms with Crippen molar-refractivity contribution >= 4 is 43.2 Å². The molecule has 0 spiro atoms. The molecule has 0 heterocycles. The van der Waals surface area contributed by atoms with Crippen molar-refractivity contribution < 1.29 is 9.31 Å². The molecule has 0 unspecified atom stereocenters. The predicted octanol–water partition coefficient (Wildman–Crippen LogP) is 5.18. The first kappa shape index (κ1) is 15.9. The maximum atomic E-state index is 13.2. The van der Waals surface area contributed by atoms with Gasteiger partial charge in [0.25, 0.3) is 5.69 Å². The second-order valence-corrected chi connectivity index (χ2v) is 6.19. The molecule has 0 fully saturated rings. The van der Waals surface area contributed by atoms with Gasteiger partial charge in [0, 0.05) is 22.6 Å². The van der Waals surface area contributed by atoms with Crippen LogP contribution in [-0.2, 0) is 6.54 Å². The summed E-state index contributed by atoms with van der Waals surface area (Å²) < 4.78 is 14.3. The van der Waals surface area contributed by atoms with Crippen LogP contribution in [0.3, 0.4) is 0 Å². The Hall–Kier alpha value is -1.47. The van der Waals surface area contributed by atoms with E-state index < -0.39 is 4.92 Å². The third-order valence-corrected chi connectivity index (χ3v) is 4.21. The van der Waals surface area contributed by atoms with Crippen molar-refractivity contribution in [3.8, 4) is 0 Å². The average molecular weight is 418 g/mol. The van der Waals surface area contributed by atoms with E-state index in [1.807, 2.05) is 0 Å². The SMILES string of the molecule is Cc1cc(Br)c(NCc2ccc(F)c(Br)c2)cc1[N+](=O)[O-]. The molecule has 1 N–H and O–H groups in total. The molecule has 2 aromatic rings. The minimum absolute atomic E-state index is 0.0565. The summed E-state index contributed by atoms with van der Waals surface area (Å²) in [5.74, 6) is -0.328. The molecule has 0 aromatic heterocycles. The number of nitrogens with zero attached hydrogens (tertiary/aromatic N) is 1. The Bertz CT molecular complexity index is 708. The van der Waals surface area contributed by atoms with Gasteiger partial charge in [-0.3, -0.25) is 10.1 Å². The molecule has 21 heavy (non-hydrogen) atoms. The maximum Gasteiger partial charge on any atom is 0.274 e. The molecule has 7 heteroatoms. The van der Waals surface area contributed by atoms with Gasteiger partial charge >= 0.3 is 0 Å². The topological polar surface area (TPSA) is 55.2 Å². The van der Waals surface area contributed by atoms with Crippen molar-refractivity contribution in [2.75, 3.05) is 5.32 Å². The number of nitrogens with one attached hydrogen (secondary N) is 1. The number of nitro benzene ring substituents is 1. The zero-order chi connectivity index (χ0) is 15.6. The van der Waals surface area contributed by atoms with Crippen LogP contribution in [0.1, 0.15) is 11.1 Å². The molecule has 0 saturated heterocycles. The fraction of sp³-hybridized carbons (Fsp3) is 0.143. The summed E-state index contributed by atoms with van der Waals surface area (Å²) in [4.78, 5) is 10.5. The van der Waals surface area contributed by atoms with Crippen LogP contribution < -0.4 is 5.32 Å². The summed E-state index contributed by atoms with van der Waals surface area (Å²) in [6.07, 6.45) is 0. The number of anilines is 1. The molecule has 2 rings (SSSR count). The van der Waals surface area contributed by atoms with Crippen molar-refractivity contribution in [2.45, 2.75) is 13.5 Å². The van der Waals surface area contributed by atoms with Crippen LogP contribution in [0.15, 0.2) is 39.3 Å². The van der Waals surface area contributed by atoms with Gasteiger partial charge < -0.3 is 5.32 Å². The maximum absolute atomic E-state index is 13.2. The third-order valence-electron chi connectivity index (χ3n) is 2.95. The minimum atomic E-state index is -0.415. The third kappa shape index (κ3) is 3.79. The van der Waals surface area contributed by atoms with Crippen LogP contribution in [0.25, 0.3) is 0 Å². The van der Waals surface area contributed by atoms with Crippen LogP contribution in [0.4, 0.5) is 15.8 Å². The summed E-state index contributed by atoms with van der Waals surface area (Å²) in [5, 5.41) is 14.1. The Morgan fingerprint density at radius 3 is 2.57 bits per heavy atom. The molecule has 4 nitrogen and oxygen atoms in total. The number of hydrogen-bond donors (Lipinski definition) is 1. The highest BCUT2D eigenvalue weighted by atomic mass is 79.9. The first-order valence-corrected chi connectivity index (χ1v) is 7.59. The number of nitro groups is 1. The molecule has 0 amide bonds. The Labute approximate surface area is 137 Å². The summed E-state index contributed by atoms with van der Waals surface area (Å²) in [6.45, 7) is 2.11. The van der Waals surface area contributed by atoms with E-state index in [4.69, 9.17) is 0 Å². The summed E-state index contributed by atoms with van der Waals surface area (Å²) >= 11 is 6.50. The van der Waals surface area contributed by atoms with Crippen LogP contribution in [0.2, 0.25) is 0 Å². The first-order valence-electron chi connectivity index (χ1n) is 6.01. The van der Waals surface area contributed by atoms with Crippen molar-refractivity contribution in [1.82, 2.24) is 0 Å². The zero-order valence-corrected chi connectivity index (χ0v) is 14.2. The Morgan fingerprint density at radius 2 is 1.95 bits per heavy atom. The van der Waals surface area contributed by atoms with Gasteiger partial charge in [-0.1, -0.05) is 6.07 Å². The Balaban J connectivity index is 2.21. The normalized spacial score (nSPS) is 10.5. The summed E-state index contributed by atoms with van der Waals surface area (Å²) in [7, 11) is 0. The highest BCUT2D eigenvalue weighted by molar-refractivity contribution is 9.10. The predicted molar refractivity (Wildman–Crippen MR) is 87.0 cm³/mol. The fourth-order valence-electron chi connectivity index (χ4n) is 1.84. The lowest BCUT2D eigenvalue weighted by atomic mass is 10.1. The molecule has 0 aliphatic rings. The lowest BCUT2D eigenvalue weighted by Crippen LogP contribution is -2.02. The molecule has 0 atom stereocenters. The molecule has 0 radical (unpaired) electrons. The second-order valence-electron chi connectivity index (χ2n) is 4.48. The van der Waals surface area contributed by atoms with E-state index in [-0.39, 0.29) is 11.5 Å². The highest BCUT2D eigenvalue weighted by Crippen LogP contribution is 2.31. The van der Waals surface area contributed by atoms with E-state index in [0.717, 1.165) is 10.0 Å². The van der Waals surface area contributed by atoms with E-state index in [1.165, 1.54) is 12.1 Å². The van der Waals surface area contributed by atoms with Gasteiger partial charge in [0.05, 0.1) is 15.1 Å². The van der Waals surface area contributed by atoms with Gasteiger partial charge in [0.1, 0.15) is 5.82 Å². The second kappa shape index (κ2) is 6.53. The van der Waals surface area contributed by atoms with E-state index in [0.29, 0.717) is 22.3 Å². The zero-order valence-electron chi connectivity index (χ0n) is 11.0.